The molecule has 1 aliphatic carbocycles. The van der Waals surface area contributed by atoms with Gasteiger partial charge in [0.25, 0.3) is 0 Å². The first-order chi connectivity index (χ1) is 11.5. The first kappa shape index (κ1) is 16.1. The predicted octanol–water partition coefficient (Wildman–Crippen LogP) is 3.40. The van der Waals surface area contributed by atoms with Crippen molar-refractivity contribution in [1.82, 2.24) is 0 Å². The number of rotatable bonds is 2. The third-order valence-electron chi connectivity index (χ3n) is 4.40. The number of esters is 1. The van der Waals surface area contributed by atoms with Crippen LogP contribution in [0.2, 0.25) is 5.02 Å². The summed E-state index contributed by atoms with van der Waals surface area (Å²) in [4.78, 5) is 12.2. The molecular weight excluding hydrogens is 324 g/mol. The van der Waals surface area contributed by atoms with Gasteiger partial charge in [-0.3, -0.25) is 0 Å². The molecule has 0 aliphatic heterocycles. The number of carbonyl (C=O) groups is 1. The number of hydrogen-bond acceptors (Lipinski definition) is 4. The molecule has 2 aromatic carbocycles. The molecule has 0 fully saturated rings. The van der Waals surface area contributed by atoms with Crippen molar-refractivity contribution in [1.29, 1.82) is 5.26 Å². The van der Waals surface area contributed by atoms with Crippen LogP contribution in [0.3, 0.4) is 0 Å². The van der Waals surface area contributed by atoms with Gasteiger partial charge in [0.05, 0.1) is 29.5 Å². The molecule has 1 atom stereocenters. The highest BCUT2D eigenvalue weighted by atomic mass is 35.5. The van der Waals surface area contributed by atoms with E-state index in [-0.39, 0.29) is 17.7 Å². The Hall–Kier alpha value is -2.77. The lowest BCUT2D eigenvalue weighted by Crippen LogP contribution is -2.34. The molecule has 24 heavy (non-hydrogen) atoms. The molecular formula is C19H15ClN2O2. The monoisotopic (exact) mass is 338 g/mol. The van der Waals surface area contributed by atoms with Crippen LogP contribution in [-0.2, 0) is 14.9 Å². The molecule has 0 aromatic heterocycles. The number of nitriles is 1. The van der Waals surface area contributed by atoms with E-state index in [9.17, 15) is 10.1 Å². The van der Waals surface area contributed by atoms with E-state index in [1.807, 2.05) is 36.4 Å². The van der Waals surface area contributed by atoms with E-state index in [4.69, 9.17) is 22.1 Å². The molecule has 5 heteroatoms. The third kappa shape index (κ3) is 2.26. The second-order valence-corrected chi connectivity index (χ2v) is 6.01. The fourth-order valence-corrected chi connectivity index (χ4v) is 3.49. The van der Waals surface area contributed by atoms with Crippen molar-refractivity contribution in [2.75, 3.05) is 7.11 Å². The predicted molar refractivity (Wildman–Crippen MR) is 92.0 cm³/mol. The highest BCUT2D eigenvalue weighted by molar-refractivity contribution is 6.32. The molecule has 1 aliphatic rings. The number of benzene rings is 2. The van der Waals surface area contributed by atoms with Crippen LogP contribution in [0.25, 0.3) is 5.70 Å². The zero-order valence-electron chi connectivity index (χ0n) is 13.0. The Morgan fingerprint density at radius 1 is 1.25 bits per heavy atom. The van der Waals surface area contributed by atoms with Crippen LogP contribution >= 0.6 is 11.6 Å². The Bertz CT molecular complexity index is 884. The molecule has 120 valence electrons. The minimum Gasteiger partial charge on any atom is -0.466 e. The van der Waals surface area contributed by atoms with Crippen molar-refractivity contribution in [3.63, 3.8) is 0 Å². The molecule has 0 radical (unpaired) electrons. The molecule has 0 spiro atoms. The summed E-state index contributed by atoms with van der Waals surface area (Å²) < 4.78 is 4.86. The van der Waals surface area contributed by atoms with Gasteiger partial charge in [-0.25, -0.2) is 4.79 Å². The van der Waals surface area contributed by atoms with Crippen molar-refractivity contribution in [2.45, 2.75) is 11.8 Å². The molecule has 0 heterocycles. The maximum atomic E-state index is 12.2. The van der Waals surface area contributed by atoms with Crippen molar-refractivity contribution in [2.24, 2.45) is 5.73 Å². The van der Waals surface area contributed by atoms with E-state index < -0.39 is 11.4 Å². The van der Waals surface area contributed by atoms with Crippen LogP contribution in [0.1, 0.15) is 23.1 Å². The SMILES string of the molecule is COC(=O)C1=C(N)c2c(Cl)cccc2C(C#N)(c2ccccc2)C1. The highest BCUT2D eigenvalue weighted by Gasteiger charge is 2.44. The summed E-state index contributed by atoms with van der Waals surface area (Å²) in [5.74, 6) is -0.548. The summed E-state index contributed by atoms with van der Waals surface area (Å²) in [5.41, 5.74) is 7.70. The zero-order chi connectivity index (χ0) is 17.3. The van der Waals surface area contributed by atoms with Gasteiger partial charge >= 0.3 is 5.97 Å². The topological polar surface area (TPSA) is 76.1 Å². The van der Waals surface area contributed by atoms with Crippen LogP contribution in [0.4, 0.5) is 0 Å². The van der Waals surface area contributed by atoms with Crippen molar-refractivity contribution in [3.8, 4) is 6.07 Å². The molecule has 0 amide bonds. The number of carbonyl (C=O) groups excluding carboxylic acids is 1. The van der Waals surface area contributed by atoms with Gasteiger partial charge in [-0.15, -0.1) is 0 Å². The van der Waals surface area contributed by atoms with Gasteiger partial charge in [-0.2, -0.15) is 5.26 Å². The number of nitrogens with two attached hydrogens (primary N) is 1. The van der Waals surface area contributed by atoms with Crippen molar-refractivity contribution >= 4 is 23.3 Å². The van der Waals surface area contributed by atoms with Crippen LogP contribution in [0.15, 0.2) is 54.1 Å². The number of ether oxygens (including phenoxy) is 1. The first-order valence-electron chi connectivity index (χ1n) is 7.38. The fourth-order valence-electron chi connectivity index (χ4n) is 3.21. The van der Waals surface area contributed by atoms with Crippen LogP contribution in [-0.4, -0.2) is 13.1 Å². The minimum absolute atomic E-state index is 0.138. The van der Waals surface area contributed by atoms with Gasteiger partial charge in [-0.1, -0.05) is 54.1 Å². The van der Waals surface area contributed by atoms with E-state index in [0.29, 0.717) is 16.1 Å². The Balaban J connectivity index is 2.37. The largest absolute Gasteiger partial charge is 0.466 e. The first-order valence-corrected chi connectivity index (χ1v) is 7.76. The molecule has 0 bridgehead atoms. The summed E-state index contributed by atoms with van der Waals surface area (Å²) >= 11 is 6.35. The van der Waals surface area contributed by atoms with Gasteiger partial charge in [-0.05, 0) is 17.2 Å². The van der Waals surface area contributed by atoms with Gasteiger partial charge in [0.15, 0.2) is 0 Å². The average Bonchev–Trinajstić information content (AvgIpc) is 2.62. The summed E-state index contributed by atoms with van der Waals surface area (Å²) in [5, 5.41) is 10.5. The average molecular weight is 339 g/mol. The lowest BCUT2D eigenvalue weighted by molar-refractivity contribution is -0.136. The normalized spacial score (nSPS) is 19.4. The Labute approximate surface area is 145 Å². The van der Waals surface area contributed by atoms with Crippen molar-refractivity contribution < 1.29 is 9.53 Å². The molecule has 2 aromatic rings. The van der Waals surface area contributed by atoms with E-state index >= 15 is 0 Å². The molecule has 2 N–H and O–H groups in total. The van der Waals surface area contributed by atoms with Gasteiger partial charge in [0.1, 0.15) is 5.41 Å². The number of methoxy groups -OCH3 is 1. The summed E-state index contributed by atoms with van der Waals surface area (Å²) in [6.07, 6.45) is 0.138. The standard InChI is InChI=1S/C19H15ClN2O2/c1-24-18(23)13-10-19(11-21,12-6-3-2-4-7-12)14-8-5-9-15(20)16(14)17(13)22/h2-9H,10,22H2,1H3. The number of halogens is 1. The zero-order valence-corrected chi connectivity index (χ0v) is 13.8. The number of fused-ring (bicyclic) bond motifs is 1. The van der Waals surface area contributed by atoms with Gasteiger partial charge in [0, 0.05) is 12.0 Å². The lowest BCUT2D eigenvalue weighted by atomic mass is 9.66. The molecule has 0 saturated heterocycles. The van der Waals surface area contributed by atoms with Gasteiger partial charge in [0.2, 0.25) is 0 Å². The summed E-state index contributed by atoms with van der Waals surface area (Å²) in [6.45, 7) is 0. The Kier molecular flexibility index (Phi) is 4.04. The van der Waals surface area contributed by atoms with E-state index in [1.54, 1.807) is 12.1 Å². The second kappa shape index (κ2) is 6.03. The molecule has 1 unspecified atom stereocenters. The third-order valence-corrected chi connectivity index (χ3v) is 4.71. The van der Waals surface area contributed by atoms with Crippen LogP contribution in [0, 0.1) is 11.3 Å². The lowest BCUT2D eigenvalue weighted by Gasteiger charge is -2.35. The maximum Gasteiger partial charge on any atom is 0.335 e. The smallest absolute Gasteiger partial charge is 0.335 e. The fraction of sp³-hybridized carbons (Fsp3) is 0.158. The summed E-state index contributed by atoms with van der Waals surface area (Å²) in [6, 6.07) is 17.0. The molecule has 0 saturated carbocycles. The van der Waals surface area contributed by atoms with E-state index in [0.717, 1.165) is 5.56 Å². The molecule has 4 nitrogen and oxygen atoms in total. The summed E-state index contributed by atoms with van der Waals surface area (Å²) in [7, 11) is 1.29. The van der Waals surface area contributed by atoms with Crippen LogP contribution in [0.5, 0.6) is 0 Å². The number of hydrogen-bond donors (Lipinski definition) is 1. The molecule has 3 rings (SSSR count). The Morgan fingerprint density at radius 2 is 1.96 bits per heavy atom. The van der Waals surface area contributed by atoms with Crippen molar-refractivity contribution in [3.05, 3.63) is 75.8 Å². The quantitative estimate of drug-likeness (QED) is 0.851. The van der Waals surface area contributed by atoms with Crippen LogP contribution < -0.4 is 5.73 Å². The van der Waals surface area contributed by atoms with Gasteiger partial charge < -0.3 is 10.5 Å². The Morgan fingerprint density at radius 3 is 2.58 bits per heavy atom. The minimum atomic E-state index is -1.05. The highest BCUT2D eigenvalue weighted by Crippen LogP contribution is 2.47. The van der Waals surface area contributed by atoms with E-state index in [2.05, 4.69) is 6.07 Å². The maximum absolute atomic E-state index is 12.2. The van der Waals surface area contributed by atoms with E-state index in [1.165, 1.54) is 7.11 Å². The number of nitrogens with zero attached hydrogens (tertiary/aromatic N) is 1. The second-order valence-electron chi connectivity index (χ2n) is 5.61.